The van der Waals surface area contributed by atoms with Gasteiger partial charge in [-0.05, 0) is 25.2 Å². The summed E-state index contributed by atoms with van der Waals surface area (Å²) in [5, 5.41) is 0. The van der Waals surface area contributed by atoms with E-state index in [1.165, 1.54) is 0 Å². The summed E-state index contributed by atoms with van der Waals surface area (Å²) in [6.07, 6.45) is 3.55. The van der Waals surface area contributed by atoms with Crippen LogP contribution in [0.5, 0.6) is 0 Å². The molecule has 0 heterocycles. The highest BCUT2D eigenvalue weighted by Gasteiger charge is 2.42. The fraction of sp³-hybridized carbons (Fsp3) is 0.900. The fourth-order valence-corrected chi connectivity index (χ4v) is 2.12. The van der Waals surface area contributed by atoms with Crippen molar-refractivity contribution in [2.45, 2.75) is 45.1 Å². The van der Waals surface area contributed by atoms with E-state index in [2.05, 4.69) is 6.92 Å². The molecule has 1 fully saturated rings. The zero-order valence-electron chi connectivity index (χ0n) is 8.22. The van der Waals surface area contributed by atoms with Gasteiger partial charge in [0.2, 0.25) is 0 Å². The predicted molar refractivity (Wildman–Crippen MR) is 48.1 cm³/mol. The van der Waals surface area contributed by atoms with Gasteiger partial charge in [0.25, 0.3) is 0 Å². The van der Waals surface area contributed by atoms with Gasteiger partial charge >= 0.3 is 0 Å². The summed E-state index contributed by atoms with van der Waals surface area (Å²) in [5.41, 5.74) is -0.422. The number of Topliss-reactive ketones (excluding diaryl/α,β-unsaturated/α-hetero) is 1. The van der Waals surface area contributed by atoms with E-state index in [9.17, 15) is 4.79 Å². The summed E-state index contributed by atoms with van der Waals surface area (Å²) in [6.45, 7) is 4.09. The Kier molecular flexibility index (Phi) is 2.89. The topological polar surface area (TPSA) is 26.3 Å². The largest absolute Gasteiger partial charge is 0.370 e. The van der Waals surface area contributed by atoms with Crippen LogP contribution in [0.25, 0.3) is 0 Å². The van der Waals surface area contributed by atoms with E-state index >= 15 is 0 Å². The van der Waals surface area contributed by atoms with Gasteiger partial charge in [-0.2, -0.15) is 0 Å². The Morgan fingerprint density at radius 2 is 2.33 bits per heavy atom. The van der Waals surface area contributed by atoms with E-state index in [-0.39, 0.29) is 5.78 Å². The van der Waals surface area contributed by atoms with Gasteiger partial charge in [-0.3, -0.25) is 4.79 Å². The molecular formula is C10H18O2. The maximum atomic E-state index is 11.6. The number of carbonyl (C=O) groups is 1. The average molecular weight is 170 g/mol. The van der Waals surface area contributed by atoms with Gasteiger partial charge in [0, 0.05) is 13.5 Å². The molecule has 1 aliphatic rings. The molecule has 12 heavy (non-hydrogen) atoms. The zero-order chi connectivity index (χ0) is 9.19. The van der Waals surface area contributed by atoms with Crippen molar-refractivity contribution in [2.24, 2.45) is 5.92 Å². The minimum atomic E-state index is -0.422. The van der Waals surface area contributed by atoms with E-state index in [0.29, 0.717) is 12.3 Å². The van der Waals surface area contributed by atoms with Crippen LogP contribution in [0.1, 0.15) is 39.5 Å². The molecule has 0 aromatic heterocycles. The minimum absolute atomic E-state index is 0.273. The lowest BCUT2D eigenvalue weighted by Crippen LogP contribution is -2.37. The SMILES string of the molecule is CCC(=O)C1(OC)CCC(C)C1. The molecule has 0 spiro atoms. The molecule has 0 N–H and O–H groups in total. The van der Waals surface area contributed by atoms with E-state index < -0.39 is 5.60 Å². The first-order chi connectivity index (χ1) is 5.64. The van der Waals surface area contributed by atoms with E-state index in [0.717, 1.165) is 19.3 Å². The smallest absolute Gasteiger partial charge is 0.164 e. The van der Waals surface area contributed by atoms with Crippen LogP contribution < -0.4 is 0 Å². The summed E-state index contributed by atoms with van der Waals surface area (Å²) in [6, 6.07) is 0. The van der Waals surface area contributed by atoms with Crippen LogP contribution in [0, 0.1) is 5.92 Å². The lowest BCUT2D eigenvalue weighted by Gasteiger charge is -2.25. The van der Waals surface area contributed by atoms with E-state index in [1.807, 2.05) is 6.92 Å². The molecule has 0 radical (unpaired) electrons. The highest BCUT2D eigenvalue weighted by Crippen LogP contribution is 2.38. The second-order valence-corrected chi connectivity index (χ2v) is 3.82. The van der Waals surface area contributed by atoms with E-state index in [4.69, 9.17) is 4.74 Å². The molecule has 1 aliphatic carbocycles. The third-order valence-electron chi connectivity index (χ3n) is 2.94. The van der Waals surface area contributed by atoms with Gasteiger partial charge in [0.1, 0.15) is 5.60 Å². The lowest BCUT2D eigenvalue weighted by molar-refractivity contribution is -0.140. The molecule has 0 amide bonds. The molecule has 1 saturated carbocycles. The summed E-state index contributed by atoms with van der Waals surface area (Å²) in [5.74, 6) is 0.912. The van der Waals surface area contributed by atoms with Crippen LogP contribution in [0.3, 0.4) is 0 Å². The monoisotopic (exact) mass is 170 g/mol. The Labute approximate surface area is 74.3 Å². The highest BCUT2D eigenvalue weighted by atomic mass is 16.5. The Hall–Kier alpha value is -0.370. The Morgan fingerprint density at radius 1 is 1.67 bits per heavy atom. The van der Waals surface area contributed by atoms with Crippen molar-refractivity contribution in [3.63, 3.8) is 0 Å². The first-order valence-electron chi connectivity index (χ1n) is 4.73. The number of hydrogen-bond acceptors (Lipinski definition) is 2. The summed E-state index contributed by atoms with van der Waals surface area (Å²) >= 11 is 0. The molecule has 0 bridgehead atoms. The molecule has 1 rings (SSSR count). The first-order valence-corrected chi connectivity index (χ1v) is 4.73. The number of rotatable bonds is 3. The second-order valence-electron chi connectivity index (χ2n) is 3.82. The minimum Gasteiger partial charge on any atom is -0.370 e. The van der Waals surface area contributed by atoms with Crippen LogP contribution >= 0.6 is 0 Å². The number of methoxy groups -OCH3 is 1. The van der Waals surface area contributed by atoms with Crippen molar-refractivity contribution in [2.75, 3.05) is 7.11 Å². The molecule has 2 atom stereocenters. The number of ketones is 1. The quantitative estimate of drug-likeness (QED) is 0.649. The number of hydrogen-bond donors (Lipinski definition) is 0. The summed E-state index contributed by atoms with van der Waals surface area (Å²) in [7, 11) is 1.66. The maximum absolute atomic E-state index is 11.6. The second kappa shape index (κ2) is 3.56. The molecule has 0 aromatic rings. The van der Waals surface area contributed by atoms with Crippen LogP contribution in [0.4, 0.5) is 0 Å². The molecule has 2 heteroatoms. The molecule has 0 aliphatic heterocycles. The van der Waals surface area contributed by atoms with Crippen LogP contribution in [0.2, 0.25) is 0 Å². The molecular weight excluding hydrogens is 152 g/mol. The van der Waals surface area contributed by atoms with Crippen molar-refractivity contribution >= 4 is 5.78 Å². The van der Waals surface area contributed by atoms with Gasteiger partial charge in [-0.25, -0.2) is 0 Å². The third-order valence-corrected chi connectivity index (χ3v) is 2.94. The zero-order valence-corrected chi connectivity index (χ0v) is 8.22. The van der Waals surface area contributed by atoms with Gasteiger partial charge in [-0.1, -0.05) is 13.8 Å². The first kappa shape index (κ1) is 9.72. The number of ether oxygens (including phenoxy) is 1. The summed E-state index contributed by atoms with van der Waals surface area (Å²) in [4.78, 5) is 11.6. The normalized spacial score (nSPS) is 35.4. The Morgan fingerprint density at radius 3 is 2.67 bits per heavy atom. The third kappa shape index (κ3) is 1.53. The van der Waals surface area contributed by atoms with Gasteiger partial charge in [0.05, 0.1) is 0 Å². The maximum Gasteiger partial charge on any atom is 0.164 e. The van der Waals surface area contributed by atoms with Crippen LogP contribution in [0.15, 0.2) is 0 Å². The van der Waals surface area contributed by atoms with Crippen molar-refractivity contribution in [1.82, 2.24) is 0 Å². The van der Waals surface area contributed by atoms with Gasteiger partial charge in [0.15, 0.2) is 5.78 Å². The Bertz CT molecular complexity index is 177. The van der Waals surface area contributed by atoms with Crippen molar-refractivity contribution in [1.29, 1.82) is 0 Å². The molecule has 2 nitrogen and oxygen atoms in total. The molecule has 2 unspecified atom stereocenters. The van der Waals surface area contributed by atoms with Crippen LogP contribution in [-0.2, 0) is 9.53 Å². The molecule has 0 saturated heterocycles. The molecule has 70 valence electrons. The standard InChI is InChI=1S/C10H18O2/c1-4-9(11)10(12-3)6-5-8(2)7-10/h8H,4-7H2,1-3H3. The fourth-order valence-electron chi connectivity index (χ4n) is 2.12. The Balaban J connectivity index is 2.70. The van der Waals surface area contributed by atoms with Crippen molar-refractivity contribution < 1.29 is 9.53 Å². The molecule has 0 aromatic carbocycles. The number of carbonyl (C=O) groups excluding carboxylic acids is 1. The van der Waals surface area contributed by atoms with Gasteiger partial charge < -0.3 is 4.74 Å². The predicted octanol–water partition coefficient (Wildman–Crippen LogP) is 2.17. The average Bonchev–Trinajstić information content (AvgIpc) is 2.47. The highest BCUT2D eigenvalue weighted by molar-refractivity contribution is 5.87. The van der Waals surface area contributed by atoms with Gasteiger partial charge in [-0.15, -0.1) is 0 Å². The van der Waals surface area contributed by atoms with Crippen molar-refractivity contribution in [3.05, 3.63) is 0 Å². The lowest BCUT2D eigenvalue weighted by atomic mass is 9.93. The van der Waals surface area contributed by atoms with Crippen molar-refractivity contribution in [3.8, 4) is 0 Å². The summed E-state index contributed by atoms with van der Waals surface area (Å²) < 4.78 is 5.37. The van der Waals surface area contributed by atoms with E-state index in [1.54, 1.807) is 7.11 Å². The van der Waals surface area contributed by atoms with Crippen LogP contribution in [-0.4, -0.2) is 18.5 Å².